The second-order valence-electron chi connectivity index (χ2n) is 5.62. The van der Waals surface area contributed by atoms with Crippen molar-refractivity contribution in [2.24, 2.45) is 0 Å². The number of rotatable bonds is 5. The zero-order chi connectivity index (χ0) is 13.2. The third-order valence-corrected chi connectivity index (χ3v) is 4.51. The summed E-state index contributed by atoms with van der Waals surface area (Å²) < 4.78 is 5.22. The van der Waals surface area contributed by atoms with Crippen LogP contribution in [0.15, 0.2) is 30.3 Å². The summed E-state index contributed by atoms with van der Waals surface area (Å²) in [5, 5.41) is 8.83. The van der Waals surface area contributed by atoms with Crippen molar-refractivity contribution in [1.29, 1.82) is 0 Å². The second-order valence-corrected chi connectivity index (χ2v) is 5.62. The molecule has 1 aromatic rings. The van der Waals surface area contributed by atoms with Crippen LogP contribution in [0, 0.1) is 0 Å². The van der Waals surface area contributed by atoms with Gasteiger partial charge in [-0.25, -0.2) is 0 Å². The van der Waals surface area contributed by atoms with Crippen molar-refractivity contribution >= 4 is 0 Å². The number of likely N-dealkylation sites (N-methyl/N-ethyl adjacent to an activating group) is 1. The fraction of sp³-hybridized carbons (Fsp3) is 0.625. The zero-order valence-corrected chi connectivity index (χ0v) is 11.4. The van der Waals surface area contributed by atoms with E-state index >= 15 is 0 Å². The van der Waals surface area contributed by atoms with Crippen LogP contribution in [0.1, 0.15) is 19.4 Å². The Morgan fingerprint density at radius 1 is 1.30 bits per heavy atom. The fourth-order valence-corrected chi connectivity index (χ4v) is 3.45. The first-order valence-electron chi connectivity index (χ1n) is 6.98. The number of aliphatic hydroxyl groups excluding tert-OH is 1. The number of fused-ring (bicyclic) bond motifs is 2. The molecule has 3 heterocycles. The van der Waals surface area contributed by atoms with Crippen molar-refractivity contribution in [2.75, 3.05) is 27.0 Å². The van der Waals surface area contributed by atoms with E-state index in [1.165, 1.54) is 12.0 Å². The van der Waals surface area contributed by atoms with Gasteiger partial charge in [0.15, 0.2) is 0 Å². The average Bonchev–Trinajstić information content (AvgIpc) is 2.44. The van der Waals surface area contributed by atoms with Gasteiger partial charge in [-0.1, -0.05) is 37.8 Å². The van der Waals surface area contributed by atoms with Crippen LogP contribution >= 0.6 is 0 Å². The van der Waals surface area contributed by atoms with Crippen molar-refractivity contribution < 1.29 is 9.84 Å². The molecule has 3 aliphatic rings. The summed E-state index contributed by atoms with van der Waals surface area (Å²) in [6.07, 6.45) is 1.26. The van der Waals surface area contributed by atoms with Gasteiger partial charge in [-0.3, -0.25) is 9.80 Å². The Morgan fingerprint density at radius 2 is 2.05 bits per heavy atom. The molecule has 2 unspecified atom stereocenters. The lowest BCUT2D eigenvalue weighted by atomic mass is 9.81. The Balaban J connectivity index is 0.00000147. The SMILES string of the molecule is C.CN1CC2C[C@H](C1COCO)N2Cc1ccccc1. The maximum absolute atomic E-state index is 8.83. The minimum atomic E-state index is -0.181. The van der Waals surface area contributed by atoms with Gasteiger partial charge in [0.25, 0.3) is 0 Å². The molecule has 0 aliphatic carbocycles. The van der Waals surface area contributed by atoms with Gasteiger partial charge < -0.3 is 9.84 Å². The molecular formula is C16H26N2O2. The van der Waals surface area contributed by atoms with Crippen molar-refractivity contribution in [2.45, 2.75) is 38.5 Å². The molecular weight excluding hydrogens is 252 g/mol. The van der Waals surface area contributed by atoms with E-state index in [4.69, 9.17) is 9.84 Å². The Morgan fingerprint density at radius 3 is 2.75 bits per heavy atom. The van der Waals surface area contributed by atoms with Crippen molar-refractivity contribution in [1.82, 2.24) is 9.80 Å². The third-order valence-electron chi connectivity index (χ3n) is 4.51. The number of piperidine rings is 1. The van der Waals surface area contributed by atoms with Gasteiger partial charge >= 0.3 is 0 Å². The Kier molecular flexibility index (Phi) is 5.16. The van der Waals surface area contributed by atoms with Gasteiger partial charge in [0.05, 0.1) is 6.61 Å². The van der Waals surface area contributed by atoms with Gasteiger partial charge in [-0.2, -0.15) is 0 Å². The lowest BCUT2D eigenvalue weighted by Crippen LogP contribution is -2.72. The van der Waals surface area contributed by atoms with E-state index in [1.807, 2.05) is 0 Å². The smallest absolute Gasteiger partial charge is 0.143 e. The molecule has 0 saturated carbocycles. The summed E-state index contributed by atoms with van der Waals surface area (Å²) in [5.41, 5.74) is 1.38. The zero-order valence-electron chi connectivity index (χ0n) is 11.4. The monoisotopic (exact) mass is 278 g/mol. The summed E-state index contributed by atoms with van der Waals surface area (Å²) in [6, 6.07) is 12.3. The normalized spacial score (nSPS) is 29.6. The van der Waals surface area contributed by atoms with E-state index in [9.17, 15) is 0 Å². The van der Waals surface area contributed by atoms with Crippen LogP contribution in [0.25, 0.3) is 0 Å². The maximum atomic E-state index is 8.83. The highest BCUT2D eigenvalue weighted by molar-refractivity contribution is 5.17. The third kappa shape index (κ3) is 2.88. The summed E-state index contributed by atoms with van der Waals surface area (Å²) in [7, 11) is 2.16. The van der Waals surface area contributed by atoms with E-state index < -0.39 is 0 Å². The molecule has 3 fully saturated rings. The fourth-order valence-electron chi connectivity index (χ4n) is 3.45. The molecule has 2 bridgehead atoms. The van der Waals surface area contributed by atoms with Crippen molar-refractivity contribution in [3.05, 3.63) is 35.9 Å². The molecule has 3 aliphatic heterocycles. The first kappa shape index (κ1) is 15.4. The van der Waals surface area contributed by atoms with Crippen LogP contribution in [0.2, 0.25) is 0 Å². The van der Waals surface area contributed by atoms with Crippen LogP contribution in [-0.2, 0) is 11.3 Å². The van der Waals surface area contributed by atoms with E-state index in [2.05, 4.69) is 47.2 Å². The molecule has 0 spiro atoms. The van der Waals surface area contributed by atoms with Crippen LogP contribution < -0.4 is 0 Å². The highest BCUT2D eigenvalue weighted by atomic mass is 16.6. The quantitative estimate of drug-likeness (QED) is 0.829. The number of ether oxygens (including phenoxy) is 1. The predicted molar refractivity (Wildman–Crippen MR) is 80.4 cm³/mol. The number of hydrogen-bond acceptors (Lipinski definition) is 4. The standard InChI is InChI=1S/C15H22N2O2.CH4/c1-16-9-13-7-14(15(16)10-19-11-18)17(13)8-12-5-3-2-4-6-12;/h2-6,13-15,18H,7-11H2,1H3;1H4/t13?,14-,15?;/m1./s1. The van der Waals surface area contributed by atoms with E-state index in [1.54, 1.807) is 0 Å². The summed E-state index contributed by atoms with van der Waals surface area (Å²) >= 11 is 0. The van der Waals surface area contributed by atoms with Crippen LogP contribution in [0.3, 0.4) is 0 Å². The lowest BCUT2D eigenvalue weighted by molar-refractivity contribution is -0.134. The number of hydrogen-bond donors (Lipinski definition) is 1. The summed E-state index contributed by atoms with van der Waals surface area (Å²) in [4.78, 5) is 4.96. The second kappa shape index (κ2) is 6.68. The van der Waals surface area contributed by atoms with Crippen molar-refractivity contribution in [3.63, 3.8) is 0 Å². The molecule has 20 heavy (non-hydrogen) atoms. The number of nitrogens with zero attached hydrogens (tertiary/aromatic N) is 2. The minimum Gasteiger partial charge on any atom is -0.371 e. The highest BCUT2D eigenvalue weighted by Gasteiger charge is 2.49. The highest BCUT2D eigenvalue weighted by Crippen LogP contribution is 2.37. The lowest BCUT2D eigenvalue weighted by Gasteiger charge is -2.60. The average molecular weight is 278 g/mol. The van der Waals surface area contributed by atoms with Crippen LogP contribution in [0.4, 0.5) is 0 Å². The molecule has 3 saturated heterocycles. The van der Waals surface area contributed by atoms with E-state index in [-0.39, 0.29) is 14.2 Å². The number of benzene rings is 1. The minimum absolute atomic E-state index is 0. The first-order chi connectivity index (χ1) is 9.29. The van der Waals surface area contributed by atoms with E-state index in [0.717, 1.165) is 13.1 Å². The molecule has 1 N–H and O–H groups in total. The van der Waals surface area contributed by atoms with E-state index in [0.29, 0.717) is 24.7 Å². The van der Waals surface area contributed by atoms with Gasteiger partial charge in [0.1, 0.15) is 6.79 Å². The molecule has 1 aromatic carbocycles. The molecule has 0 radical (unpaired) electrons. The van der Waals surface area contributed by atoms with Gasteiger partial charge in [-0.05, 0) is 19.0 Å². The Hall–Kier alpha value is -0.940. The topological polar surface area (TPSA) is 35.9 Å². The van der Waals surface area contributed by atoms with Gasteiger partial charge in [-0.15, -0.1) is 0 Å². The summed E-state index contributed by atoms with van der Waals surface area (Å²) in [6.45, 7) is 2.57. The number of aliphatic hydroxyl groups is 1. The largest absolute Gasteiger partial charge is 0.371 e. The molecule has 4 nitrogen and oxygen atoms in total. The molecule has 0 aromatic heterocycles. The van der Waals surface area contributed by atoms with Crippen molar-refractivity contribution in [3.8, 4) is 0 Å². The molecule has 4 rings (SSSR count). The first-order valence-corrected chi connectivity index (χ1v) is 6.98. The number of piperazine rings is 1. The van der Waals surface area contributed by atoms with Gasteiger partial charge in [0.2, 0.25) is 0 Å². The Labute approximate surface area is 122 Å². The Bertz CT molecular complexity index is 412. The molecule has 0 amide bonds. The summed E-state index contributed by atoms with van der Waals surface area (Å²) in [5.74, 6) is 0. The van der Waals surface area contributed by atoms with Crippen LogP contribution in [0.5, 0.6) is 0 Å². The molecule has 4 heteroatoms. The molecule has 112 valence electrons. The maximum Gasteiger partial charge on any atom is 0.143 e. The van der Waals surface area contributed by atoms with Crippen LogP contribution in [-0.4, -0.2) is 60.0 Å². The van der Waals surface area contributed by atoms with Gasteiger partial charge in [0, 0.05) is 31.2 Å². The predicted octanol–water partition coefficient (Wildman–Crippen LogP) is 1.55. The molecule has 3 atom stereocenters.